The first kappa shape index (κ1) is 11.9. The van der Waals surface area contributed by atoms with Crippen molar-refractivity contribution in [3.63, 3.8) is 0 Å². The quantitative estimate of drug-likeness (QED) is 0.775. The predicted octanol–water partition coefficient (Wildman–Crippen LogP) is 3.63. The standard InChI is InChI=1S/C13H16BrClN2/c14-10-5-11-1-2-12(6-10)17(11)8-9-3-4-16-7-13(9)15/h3-4,7,10-12H,1-2,5-6,8H2. The molecule has 4 heteroatoms. The van der Waals surface area contributed by atoms with Crippen molar-refractivity contribution in [1.29, 1.82) is 0 Å². The number of piperidine rings is 1. The summed E-state index contributed by atoms with van der Waals surface area (Å²) in [6, 6.07) is 3.52. The van der Waals surface area contributed by atoms with Crippen LogP contribution in [0.2, 0.25) is 5.02 Å². The van der Waals surface area contributed by atoms with Crippen molar-refractivity contribution in [1.82, 2.24) is 9.88 Å². The van der Waals surface area contributed by atoms with Crippen LogP contribution in [-0.2, 0) is 6.54 Å². The number of halogens is 2. The minimum atomic E-state index is 0.712. The SMILES string of the molecule is Clc1cnccc1CN1C2CCC1CC(Br)C2. The van der Waals surface area contributed by atoms with Crippen LogP contribution >= 0.6 is 27.5 Å². The van der Waals surface area contributed by atoms with Crippen LogP contribution in [0.25, 0.3) is 0 Å². The fourth-order valence-electron chi connectivity index (χ4n) is 3.19. The highest BCUT2D eigenvalue weighted by Gasteiger charge is 2.39. The van der Waals surface area contributed by atoms with Gasteiger partial charge in [-0.25, -0.2) is 0 Å². The summed E-state index contributed by atoms with van der Waals surface area (Å²) < 4.78 is 0. The number of nitrogens with zero attached hydrogens (tertiary/aromatic N) is 2. The number of hydrogen-bond donors (Lipinski definition) is 0. The molecule has 2 aliphatic heterocycles. The largest absolute Gasteiger partial charge is 0.293 e. The van der Waals surface area contributed by atoms with E-state index < -0.39 is 0 Å². The first-order chi connectivity index (χ1) is 8.24. The summed E-state index contributed by atoms with van der Waals surface area (Å²) in [6.45, 7) is 0.983. The van der Waals surface area contributed by atoms with E-state index in [0.29, 0.717) is 4.83 Å². The molecule has 3 rings (SSSR count). The van der Waals surface area contributed by atoms with Gasteiger partial charge in [0.25, 0.3) is 0 Å². The molecule has 2 nitrogen and oxygen atoms in total. The lowest BCUT2D eigenvalue weighted by Gasteiger charge is -2.37. The van der Waals surface area contributed by atoms with Crippen molar-refractivity contribution in [3.8, 4) is 0 Å². The molecule has 2 fully saturated rings. The Kier molecular flexibility index (Phi) is 3.42. The Labute approximate surface area is 115 Å². The van der Waals surface area contributed by atoms with Gasteiger partial charge in [-0.05, 0) is 37.3 Å². The van der Waals surface area contributed by atoms with Crippen molar-refractivity contribution < 1.29 is 0 Å². The first-order valence-electron chi connectivity index (χ1n) is 6.22. The predicted molar refractivity (Wildman–Crippen MR) is 73.5 cm³/mol. The van der Waals surface area contributed by atoms with E-state index in [4.69, 9.17) is 11.6 Å². The maximum Gasteiger partial charge on any atom is 0.0634 e. The van der Waals surface area contributed by atoms with Crippen LogP contribution in [0.3, 0.4) is 0 Å². The number of fused-ring (bicyclic) bond motifs is 2. The minimum absolute atomic E-state index is 0.712. The van der Waals surface area contributed by atoms with Crippen molar-refractivity contribution in [3.05, 3.63) is 29.0 Å². The van der Waals surface area contributed by atoms with E-state index in [1.54, 1.807) is 6.20 Å². The highest BCUT2D eigenvalue weighted by atomic mass is 79.9. The Hall–Kier alpha value is -0.120. The van der Waals surface area contributed by atoms with Crippen molar-refractivity contribution in [2.75, 3.05) is 0 Å². The molecule has 0 aromatic carbocycles. The molecular formula is C13H16BrClN2. The average Bonchev–Trinajstić information content (AvgIpc) is 2.56. The van der Waals surface area contributed by atoms with E-state index in [9.17, 15) is 0 Å². The molecule has 2 bridgehead atoms. The molecule has 92 valence electrons. The highest BCUT2D eigenvalue weighted by Crippen LogP contribution is 2.39. The Morgan fingerprint density at radius 2 is 2.06 bits per heavy atom. The van der Waals surface area contributed by atoms with Crippen LogP contribution in [-0.4, -0.2) is 26.8 Å². The van der Waals surface area contributed by atoms with E-state index in [2.05, 4.69) is 25.8 Å². The van der Waals surface area contributed by atoms with Gasteiger partial charge in [0.15, 0.2) is 0 Å². The van der Waals surface area contributed by atoms with E-state index in [-0.39, 0.29) is 0 Å². The summed E-state index contributed by atoms with van der Waals surface area (Å²) in [4.78, 5) is 7.40. The Bertz CT molecular complexity index is 398. The maximum atomic E-state index is 6.19. The average molecular weight is 316 g/mol. The maximum absolute atomic E-state index is 6.19. The molecule has 2 aliphatic rings. The monoisotopic (exact) mass is 314 g/mol. The molecule has 3 heterocycles. The number of pyridine rings is 1. The van der Waals surface area contributed by atoms with Crippen LogP contribution in [0.15, 0.2) is 18.5 Å². The summed E-state index contributed by atoms with van der Waals surface area (Å²) in [7, 11) is 0. The van der Waals surface area contributed by atoms with Gasteiger partial charge in [-0.2, -0.15) is 0 Å². The van der Waals surface area contributed by atoms with Crippen LogP contribution < -0.4 is 0 Å². The third kappa shape index (κ3) is 2.38. The smallest absolute Gasteiger partial charge is 0.0634 e. The van der Waals surface area contributed by atoms with Gasteiger partial charge >= 0.3 is 0 Å². The van der Waals surface area contributed by atoms with Gasteiger partial charge < -0.3 is 0 Å². The summed E-state index contributed by atoms with van der Waals surface area (Å²) in [5.74, 6) is 0. The molecule has 17 heavy (non-hydrogen) atoms. The lowest BCUT2D eigenvalue weighted by atomic mass is 10.0. The van der Waals surface area contributed by atoms with Crippen LogP contribution in [0.5, 0.6) is 0 Å². The van der Waals surface area contributed by atoms with E-state index in [1.807, 2.05) is 12.3 Å². The number of rotatable bonds is 2. The van der Waals surface area contributed by atoms with Crippen molar-refractivity contribution in [2.24, 2.45) is 0 Å². The molecule has 0 N–H and O–H groups in total. The van der Waals surface area contributed by atoms with Gasteiger partial charge in [0.2, 0.25) is 0 Å². The fourth-order valence-corrected chi connectivity index (χ4v) is 4.24. The number of aromatic nitrogens is 1. The third-order valence-electron chi connectivity index (χ3n) is 4.04. The second-order valence-electron chi connectivity index (χ2n) is 5.09. The number of hydrogen-bond acceptors (Lipinski definition) is 2. The molecular weight excluding hydrogens is 300 g/mol. The summed E-state index contributed by atoms with van der Waals surface area (Å²) in [6.07, 6.45) is 8.82. The molecule has 0 aliphatic carbocycles. The van der Waals surface area contributed by atoms with Gasteiger partial charge in [0.05, 0.1) is 5.02 Å². The molecule has 0 amide bonds. The van der Waals surface area contributed by atoms with Crippen molar-refractivity contribution >= 4 is 27.5 Å². The Morgan fingerprint density at radius 3 is 2.71 bits per heavy atom. The molecule has 0 radical (unpaired) electrons. The van der Waals surface area contributed by atoms with Gasteiger partial charge in [-0.15, -0.1) is 0 Å². The lowest BCUT2D eigenvalue weighted by Crippen LogP contribution is -2.42. The van der Waals surface area contributed by atoms with E-state index >= 15 is 0 Å². The van der Waals surface area contributed by atoms with Crippen LogP contribution in [0, 0.1) is 0 Å². The van der Waals surface area contributed by atoms with Gasteiger partial charge in [0, 0.05) is 35.8 Å². The summed E-state index contributed by atoms with van der Waals surface area (Å²) in [5.41, 5.74) is 1.21. The molecule has 2 saturated heterocycles. The zero-order chi connectivity index (χ0) is 11.8. The third-order valence-corrected chi connectivity index (χ3v) is 5.12. The summed E-state index contributed by atoms with van der Waals surface area (Å²) in [5, 5.41) is 0.799. The Balaban J connectivity index is 1.76. The normalized spacial score (nSPS) is 32.9. The number of alkyl halides is 1. The van der Waals surface area contributed by atoms with Crippen LogP contribution in [0.1, 0.15) is 31.2 Å². The highest BCUT2D eigenvalue weighted by molar-refractivity contribution is 9.09. The lowest BCUT2D eigenvalue weighted by molar-refractivity contribution is 0.137. The van der Waals surface area contributed by atoms with Gasteiger partial charge in [0.1, 0.15) is 0 Å². The molecule has 0 saturated carbocycles. The fraction of sp³-hybridized carbons (Fsp3) is 0.615. The second kappa shape index (κ2) is 4.87. The van der Waals surface area contributed by atoms with Crippen LogP contribution in [0.4, 0.5) is 0 Å². The molecule has 1 aromatic rings. The van der Waals surface area contributed by atoms with Gasteiger partial charge in [-0.1, -0.05) is 27.5 Å². The van der Waals surface area contributed by atoms with E-state index in [0.717, 1.165) is 23.7 Å². The minimum Gasteiger partial charge on any atom is -0.293 e. The molecule has 1 aromatic heterocycles. The molecule has 2 atom stereocenters. The Morgan fingerprint density at radius 1 is 1.35 bits per heavy atom. The van der Waals surface area contributed by atoms with Gasteiger partial charge in [-0.3, -0.25) is 9.88 Å². The summed E-state index contributed by atoms with van der Waals surface area (Å²) >= 11 is 9.96. The molecule has 2 unspecified atom stereocenters. The van der Waals surface area contributed by atoms with Crippen molar-refractivity contribution in [2.45, 2.75) is 49.1 Å². The molecule has 0 spiro atoms. The zero-order valence-corrected chi connectivity index (χ0v) is 12.0. The zero-order valence-electron chi connectivity index (χ0n) is 9.65. The topological polar surface area (TPSA) is 16.1 Å². The van der Waals surface area contributed by atoms with E-state index in [1.165, 1.54) is 31.2 Å². The second-order valence-corrected chi connectivity index (χ2v) is 6.80. The first-order valence-corrected chi connectivity index (χ1v) is 7.51.